The second kappa shape index (κ2) is 14.9. The number of ether oxygens (including phenoxy) is 5. The van der Waals surface area contributed by atoms with E-state index in [1.165, 1.54) is 19.2 Å². The number of likely N-dealkylation sites (tertiary alicyclic amines) is 1. The highest BCUT2D eigenvalue weighted by Crippen LogP contribution is 2.34. The van der Waals surface area contributed by atoms with Crippen molar-refractivity contribution in [1.82, 2.24) is 20.4 Å². The first-order valence-corrected chi connectivity index (χ1v) is 15.5. The van der Waals surface area contributed by atoms with Crippen molar-refractivity contribution < 1.29 is 41.7 Å². The quantitative estimate of drug-likeness (QED) is 0.388. The molecule has 0 radical (unpaired) electrons. The van der Waals surface area contributed by atoms with E-state index < -0.39 is 6.36 Å². The summed E-state index contributed by atoms with van der Waals surface area (Å²) in [7, 11) is 3.21. The van der Waals surface area contributed by atoms with Gasteiger partial charge < -0.3 is 39.2 Å². The highest BCUT2D eigenvalue weighted by atomic mass is 19.4. The first kappa shape index (κ1) is 33.2. The van der Waals surface area contributed by atoms with Crippen LogP contribution < -0.4 is 20.1 Å². The topological polar surface area (TPSA) is 116 Å². The molecule has 3 aliphatic heterocycles. The highest BCUT2D eigenvalue weighted by Gasteiger charge is 2.33. The van der Waals surface area contributed by atoms with Crippen LogP contribution in [0.3, 0.4) is 0 Å². The number of hydrogen-bond acceptors (Lipinski definition) is 10. The van der Waals surface area contributed by atoms with Crippen molar-refractivity contribution in [3.63, 3.8) is 0 Å². The Balaban J connectivity index is 1.17. The van der Waals surface area contributed by atoms with Crippen LogP contribution in [0.25, 0.3) is 0 Å². The Morgan fingerprint density at radius 3 is 2.51 bits per heavy atom. The van der Waals surface area contributed by atoms with Gasteiger partial charge in [0.25, 0.3) is 11.8 Å². The molecule has 11 nitrogen and oxygen atoms in total. The van der Waals surface area contributed by atoms with E-state index in [4.69, 9.17) is 18.9 Å². The minimum absolute atomic E-state index is 0.0275. The van der Waals surface area contributed by atoms with Crippen molar-refractivity contribution in [2.24, 2.45) is 0 Å². The van der Waals surface area contributed by atoms with Gasteiger partial charge in [-0.2, -0.15) is 0 Å². The molecule has 1 aromatic heterocycles. The molecule has 45 heavy (non-hydrogen) atoms. The van der Waals surface area contributed by atoms with Crippen LogP contribution in [-0.2, 0) is 14.2 Å². The predicted octanol–water partition coefficient (Wildman–Crippen LogP) is 4.41. The lowest BCUT2D eigenvalue weighted by atomic mass is 9.98. The van der Waals surface area contributed by atoms with Crippen molar-refractivity contribution >= 4 is 11.6 Å². The van der Waals surface area contributed by atoms with Gasteiger partial charge in [-0.1, -0.05) is 12.1 Å². The fourth-order valence-electron chi connectivity index (χ4n) is 6.28. The molecule has 0 bridgehead atoms. The number of piperidine rings is 1. The molecular formula is C31H42F3N5O6. The Kier molecular flexibility index (Phi) is 11.0. The van der Waals surface area contributed by atoms with E-state index in [1.54, 1.807) is 19.2 Å². The van der Waals surface area contributed by atoms with Crippen molar-refractivity contribution in [3.05, 3.63) is 41.1 Å². The molecule has 1 amide bonds. The van der Waals surface area contributed by atoms with Gasteiger partial charge in [0, 0.05) is 51.0 Å². The van der Waals surface area contributed by atoms with Crippen LogP contribution in [0.5, 0.6) is 11.6 Å². The first-order chi connectivity index (χ1) is 21.6. The minimum atomic E-state index is -4.74. The third kappa shape index (κ3) is 8.54. The molecule has 2 N–H and O–H groups in total. The first-order valence-electron chi connectivity index (χ1n) is 15.5. The Hall–Kier alpha value is -3.20. The molecule has 0 unspecified atom stereocenters. The molecule has 248 valence electrons. The summed E-state index contributed by atoms with van der Waals surface area (Å²) < 4.78 is 64.4. The number of benzene rings is 1. The number of amides is 1. The number of nitrogens with one attached hydrogen (secondary N) is 2. The SMILES string of the molecule is COc1nnc(C(=O)N2CCC(N[C@H]3CCOC[C@H]3OC)CC2)c(C)c1NC[C@H]1CCC[C@@H](c2ccc(OC(F)(F)F)cc2)O1. The standard InChI is InChI=1S/C31H42F3N5O6/c1-19-27(35-17-23-5-4-6-25(44-23)20-7-9-22(10-8-20)45-31(32,33)34)29(42-3)38-37-28(19)30(40)39-14-11-21(12-15-39)36-24-13-16-43-18-26(24)41-2/h7-10,21,23-26,36H,4-6,11-18H2,1-3H3,(H,35,37)/t23-,24+,25+,26-/m1/s1. The summed E-state index contributed by atoms with van der Waals surface area (Å²) in [5.41, 5.74) is 2.28. The summed E-state index contributed by atoms with van der Waals surface area (Å²) in [4.78, 5) is 15.4. The molecular weight excluding hydrogens is 595 g/mol. The number of aromatic nitrogens is 2. The third-order valence-corrected chi connectivity index (χ3v) is 8.76. The van der Waals surface area contributed by atoms with E-state index in [-0.39, 0.29) is 47.6 Å². The zero-order valence-corrected chi connectivity index (χ0v) is 25.9. The molecule has 4 atom stereocenters. The molecule has 5 rings (SSSR count). The van der Waals surface area contributed by atoms with E-state index in [9.17, 15) is 18.0 Å². The third-order valence-electron chi connectivity index (χ3n) is 8.76. The molecule has 0 saturated carbocycles. The fraction of sp³-hybridized carbons (Fsp3) is 0.645. The molecule has 3 aliphatic rings. The molecule has 14 heteroatoms. The Morgan fingerprint density at radius 1 is 1.07 bits per heavy atom. The zero-order chi connectivity index (χ0) is 32.0. The summed E-state index contributed by atoms with van der Waals surface area (Å²) in [5.74, 6) is -0.157. The smallest absolute Gasteiger partial charge is 0.478 e. The van der Waals surface area contributed by atoms with Gasteiger partial charge in [0.2, 0.25) is 0 Å². The zero-order valence-electron chi connectivity index (χ0n) is 25.9. The number of carbonyl (C=O) groups excluding carboxylic acids is 1. The van der Waals surface area contributed by atoms with Crippen LogP contribution in [0.4, 0.5) is 18.9 Å². The van der Waals surface area contributed by atoms with Gasteiger partial charge in [-0.3, -0.25) is 4.79 Å². The maximum atomic E-state index is 13.6. The summed E-state index contributed by atoms with van der Waals surface area (Å²) in [6.07, 6.45) is -0.160. The monoisotopic (exact) mass is 637 g/mol. The lowest BCUT2D eigenvalue weighted by Gasteiger charge is -2.38. The van der Waals surface area contributed by atoms with Crippen molar-refractivity contribution in [2.45, 2.75) is 82.2 Å². The number of nitrogens with zero attached hydrogens (tertiary/aromatic N) is 3. The van der Waals surface area contributed by atoms with Crippen molar-refractivity contribution in [3.8, 4) is 11.6 Å². The number of carbonyl (C=O) groups is 1. The molecule has 0 aliphatic carbocycles. The molecule has 3 fully saturated rings. The van der Waals surface area contributed by atoms with Gasteiger partial charge in [0.15, 0.2) is 5.69 Å². The minimum Gasteiger partial charge on any atom is -0.478 e. The van der Waals surface area contributed by atoms with Gasteiger partial charge in [0.05, 0.1) is 32.0 Å². The van der Waals surface area contributed by atoms with Crippen LogP contribution in [0.1, 0.15) is 66.2 Å². The van der Waals surface area contributed by atoms with Crippen molar-refractivity contribution in [2.75, 3.05) is 52.4 Å². The number of methoxy groups -OCH3 is 2. The van der Waals surface area contributed by atoms with E-state index >= 15 is 0 Å². The summed E-state index contributed by atoms with van der Waals surface area (Å²) in [6.45, 7) is 4.76. The molecule has 4 heterocycles. The number of anilines is 1. The molecule has 3 saturated heterocycles. The van der Waals surface area contributed by atoms with Crippen molar-refractivity contribution in [1.29, 1.82) is 0 Å². The van der Waals surface area contributed by atoms with E-state index in [2.05, 4.69) is 25.6 Å². The summed E-state index contributed by atoms with van der Waals surface area (Å²) >= 11 is 0. The van der Waals surface area contributed by atoms with E-state index in [0.717, 1.165) is 44.1 Å². The Morgan fingerprint density at radius 2 is 1.82 bits per heavy atom. The highest BCUT2D eigenvalue weighted by molar-refractivity contribution is 5.95. The van der Waals surface area contributed by atoms with E-state index in [1.807, 2.05) is 11.8 Å². The fourth-order valence-corrected chi connectivity index (χ4v) is 6.28. The average molecular weight is 638 g/mol. The van der Waals surface area contributed by atoms with Gasteiger partial charge in [0.1, 0.15) is 11.4 Å². The summed E-state index contributed by atoms with van der Waals surface area (Å²) in [5, 5.41) is 15.5. The second-order valence-electron chi connectivity index (χ2n) is 11.7. The largest absolute Gasteiger partial charge is 0.573 e. The van der Waals surface area contributed by atoms with Crippen LogP contribution in [0.15, 0.2) is 24.3 Å². The number of rotatable bonds is 10. The lowest BCUT2D eigenvalue weighted by Crippen LogP contribution is -2.54. The second-order valence-corrected chi connectivity index (χ2v) is 11.7. The summed E-state index contributed by atoms with van der Waals surface area (Å²) in [6, 6.07) is 6.32. The number of halogens is 3. The Bertz CT molecular complexity index is 1280. The Labute approximate surface area is 261 Å². The van der Waals surface area contributed by atoms with Crippen LogP contribution >= 0.6 is 0 Å². The number of hydrogen-bond donors (Lipinski definition) is 2. The molecule has 2 aromatic rings. The lowest BCUT2D eigenvalue weighted by molar-refractivity contribution is -0.274. The van der Waals surface area contributed by atoms with Gasteiger partial charge in [-0.05, 0) is 63.1 Å². The normalized spacial score (nSPS) is 24.7. The maximum Gasteiger partial charge on any atom is 0.573 e. The van der Waals surface area contributed by atoms with Gasteiger partial charge in [-0.15, -0.1) is 23.4 Å². The molecule has 1 aromatic carbocycles. The van der Waals surface area contributed by atoms with Crippen LogP contribution in [0.2, 0.25) is 0 Å². The van der Waals surface area contributed by atoms with Gasteiger partial charge >= 0.3 is 6.36 Å². The van der Waals surface area contributed by atoms with Gasteiger partial charge in [-0.25, -0.2) is 0 Å². The van der Waals surface area contributed by atoms with Crippen LogP contribution in [-0.4, -0.2) is 98.7 Å². The number of alkyl halides is 3. The van der Waals surface area contributed by atoms with E-state index in [0.29, 0.717) is 50.1 Å². The van der Waals surface area contributed by atoms with Crippen LogP contribution in [0, 0.1) is 6.92 Å². The maximum absolute atomic E-state index is 13.6. The molecule has 0 spiro atoms. The predicted molar refractivity (Wildman–Crippen MR) is 158 cm³/mol. The average Bonchev–Trinajstić information content (AvgIpc) is 3.04.